The maximum absolute atomic E-state index is 12.4. The Balaban J connectivity index is 2.23. The highest BCUT2D eigenvalue weighted by Crippen LogP contribution is 2.40. The van der Waals surface area contributed by atoms with E-state index in [4.69, 9.17) is 0 Å². The Morgan fingerprint density at radius 2 is 1.53 bits per heavy atom. The van der Waals surface area contributed by atoms with Crippen LogP contribution in [0.25, 0.3) is 0 Å². The van der Waals surface area contributed by atoms with Crippen molar-refractivity contribution in [2.75, 3.05) is 11.9 Å². The maximum Gasteiger partial charge on any atom is 0.321 e. The first-order valence-corrected chi connectivity index (χ1v) is 12.1. The summed E-state index contributed by atoms with van der Waals surface area (Å²) in [6.07, 6.45) is 0.878. The number of carbonyl (C=O) groups excluding carboxylic acids is 1. The van der Waals surface area contributed by atoms with Gasteiger partial charge in [-0.3, -0.25) is 0 Å². The summed E-state index contributed by atoms with van der Waals surface area (Å²) in [5.41, 5.74) is 4.27. The van der Waals surface area contributed by atoms with Gasteiger partial charge in [0.05, 0.1) is 6.61 Å². The number of aromatic hydroxyl groups is 1. The van der Waals surface area contributed by atoms with Gasteiger partial charge >= 0.3 is 6.03 Å². The molecule has 0 aromatic heterocycles. The van der Waals surface area contributed by atoms with E-state index >= 15 is 0 Å². The molecule has 188 valence electrons. The minimum absolute atomic E-state index is 0.191. The molecular weight excluding hydrogens is 428 g/mol. The lowest BCUT2D eigenvalue weighted by molar-refractivity contribution is 0.0493. The van der Waals surface area contributed by atoms with E-state index in [9.17, 15) is 20.1 Å². The molecule has 2 aromatic carbocycles. The van der Waals surface area contributed by atoms with Crippen LogP contribution in [-0.2, 0) is 23.7 Å². The molecule has 0 radical (unpaired) electrons. The van der Waals surface area contributed by atoms with Crippen LogP contribution in [0.4, 0.5) is 10.5 Å². The molecule has 0 spiro atoms. The van der Waals surface area contributed by atoms with Gasteiger partial charge in [0.25, 0.3) is 0 Å². The van der Waals surface area contributed by atoms with Gasteiger partial charge in [-0.05, 0) is 58.4 Å². The second-order valence-corrected chi connectivity index (χ2v) is 11.1. The number of hydrogen-bond acceptors (Lipinski definition) is 4. The number of hydrogen-bond donors (Lipinski definition) is 5. The van der Waals surface area contributed by atoms with E-state index in [1.54, 1.807) is 0 Å². The molecular formula is C28H42N2O4. The lowest BCUT2D eigenvalue weighted by Gasteiger charge is -2.28. The molecule has 0 bridgehead atoms. The third-order valence-corrected chi connectivity index (χ3v) is 6.22. The van der Waals surface area contributed by atoms with Crippen molar-refractivity contribution in [2.45, 2.75) is 84.8 Å². The van der Waals surface area contributed by atoms with Crippen molar-refractivity contribution in [3.05, 3.63) is 58.7 Å². The monoisotopic (exact) mass is 470 g/mol. The number of carbonyl (C=O) groups is 1. The molecule has 2 amide bonds. The number of aryl methyl sites for hydroxylation is 2. The van der Waals surface area contributed by atoms with Gasteiger partial charge in [0, 0.05) is 11.6 Å². The number of para-hydroxylation sites is 1. The Bertz CT molecular complexity index is 934. The van der Waals surface area contributed by atoms with Crippen LogP contribution in [0, 0.1) is 5.92 Å². The van der Waals surface area contributed by atoms with Crippen molar-refractivity contribution in [2.24, 2.45) is 5.92 Å². The average Bonchev–Trinajstić information content (AvgIpc) is 2.73. The number of phenolic OH excluding ortho intramolecular Hbond substituents is 1. The van der Waals surface area contributed by atoms with Crippen LogP contribution in [0.15, 0.2) is 36.4 Å². The van der Waals surface area contributed by atoms with Crippen molar-refractivity contribution >= 4 is 11.7 Å². The molecule has 0 aliphatic rings. The molecule has 6 heteroatoms. The van der Waals surface area contributed by atoms with E-state index in [0.717, 1.165) is 28.7 Å². The second-order valence-electron chi connectivity index (χ2n) is 11.1. The molecule has 2 rings (SSSR count). The quantitative estimate of drug-likeness (QED) is 0.341. The Morgan fingerprint density at radius 3 is 2.03 bits per heavy atom. The largest absolute Gasteiger partial charge is 0.507 e. The summed E-state index contributed by atoms with van der Waals surface area (Å²) in [6.45, 7) is 14.3. The lowest BCUT2D eigenvalue weighted by Crippen LogP contribution is -2.43. The van der Waals surface area contributed by atoms with E-state index in [1.165, 1.54) is 0 Å². The first kappa shape index (κ1) is 27.7. The predicted molar refractivity (Wildman–Crippen MR) is 138 cm³/mol. The molecule has 0 fully saturated rings. The molecule has 0 aliphatic carbocycles. The molecule has 2 unspecified atom stereocenters. The van der Waals surface area contributed by atoms with Crippen molar-refractivity contribution in [3.8, 4) is 5.75 Å². The number of benzene rings is 2. The fourth-order valence-corrected chi connectivity index (χ4v) is 3.98. The lowest BCUT2D eigenvalue weighted by atomic mass is 9.78. The van der Waals surface area contributed by atoms with Crippen molar-refractivity contribution in [1.82, 2.24) is 5.32 Å². The minimum Gasteiger partial charge on any atom is -0.507 e. The maximum atomic E-state index is 12.4. The van der Waals surface area contributed by atoms with E-state index < -0.39 is 18.2 Å². The molecule has 34 heavy (non-hydrogen) atoms. The van der Waals surface area contributed by atoms with E-state index in [1.807, 2.05) is 31.2 Å². The number of nitrogens with one attached hydrogen (secondary N) is 2. The molecule has 0 saturated carbocycles. The standard InChI is InChI=1S/C28H42N2O4/c1-8-19(17-31)25(33)30-26(34)29-23-12-10-9-11-20(23)14-13-18-15-21(27(2,3)4)24(32)22(16-18)28(5,6)7/h9-12,15-16,19,25,31-33H,8,13-14,17H2,1-7H3,(H2,29,30,34). The third kappa shape index (κ3) is 7.21. The van der Waals surface area contributed by atoms with Crippen LogP contribution in [0.5, 0.6) is 5.75 Å². The zero-order chi connectivity index (χ0) is 25.7. The normalized spacial score (nSPS) is 13.9. The van der Waals surface area contributed by atoms with Crippen LogP contribution in [-0.4, -0.2) is 34.2 Å². The summed E-state index contributed by atoms with van der Waals surface area (Å²) in [4.78, 5) is 12.4. The molecule has 0 heterocycles. The molecule has 5 N–H and O–H groups in total. The predicted octanol–water partition coefficient (Wildman–Crippen LogP) is 5.23. The Kier molecular flexibility index (Phi) is 9.15. The van der Waals surface area contributed by atoms with Crippen molar-refractivity contribution < 1.29 is 20.1 Å². The summed E-state index contributed by atoms with van der Waals surface area (Å²) in [7, 11) is 0. The highest BCUT2D eigenvalue weighted by molar-refractivity contribution is 5.90. The van der Waals surface area contributed by atoms with Gasteiger partial charge in [-0.25, -0.2) is 4.79 Å². The number of urea groups is 1. The Morgan fingerprint density at radius 1 is 0.971 bits per heavy atom. The summed E-state index contributed by atoms with van der Waals surface area (Å²) in [6, 6.07) is 11.3. The summed E-state index contributed by atoms with van der Waals surface area (Å²) >= 11 is 0. The number of aliphatic hydroxyl groups excluding tert-OH is 2. The highest BCUT2D eigenvalue weighted by atomic mass is 16.3. The summed E-state index contributed by atoms with van der Waals surface area (Å²) in [5, 5.41) is 35.8. The Labute approximate surface area is 204 Å². The van der Waals surface area contributed by atoms with Gasteiger partial charge in [0.1, 0.15) is 12.0 Å². The molecule has 6 nitrogen and oxygen atoms in total. The third-order valence-electron chi connectivity index (χ3n) is 6.22. The first-order chi connectivity index (χ1) is 15.8. The number of amides is 2. The fraction of sp³-hybridized carbons (Fsp3) is 0.536. The summed E-state index contributed by atoms with van der Waals surface area (Å²) < 4.78 is 0. The highest BCUT2D eigenvalue weighted by Gasteiger charge is 2.26. The van der Waals surface area contributed by atoms with E-state index in [0.29, 0.717) is 24.3 Å². The second kappa shape index (κ2) is 11.2. The van der Waals surface area contributed by atoms with Gasteiger partial charge in [0.15, 0.2) is 0 Å². The van der Waals surface area contributed by atoms with Crippen LogP contribution >= 0.6 is 0 Å². The number of rotatable bonds is 8. The van der Waals surface area contributed by atoms with Crippen LogP contribution in [0.2, 0.25) is 0 Å². The van der Waals surface area contributed by atoms with Gasteiger partial charge in [0.2, 0.25) is 0 Å². The first-order valence-electron chi connectivity index (χ1n) is 12.1. The van der Waals surface area contributed by atoms with Crippen LogP contribution in [0.3, 0.4) is 0 Å². The smallest absolute Gasteiger partial charge is 0.321 e. The minimum atomic E-state index is -1.12. The topological polar surface area (TPSA) is 102 Å². The fourth-order valence-electron chi connectivity index (χ4n) is 3.98. The van der Waals surface area contributed by atoms with Gasteiger partial charge in [-0.1, -0.05) is 78.8 Å². The zero-order valence-corrected chi connectivity index (χ0v) is 21.7. The number of aliphatic hydroxyl groups is 2. The average molecular weight is 471 g/mol. The SMILES string of the molecule is CCC(CO)C(O)NC(=O)Nc1ccccc1CCc1cc(C(C)(C)C)c(O)c(C(C)(C)C)c1. The zero-order valence-electron chi connectivity index (χ0n) is 21.7. The van der Waals surface area contributed by atoms with E-state index in [2.05, 4.69) is 64.3 Å². The molecule has 0 aliphatic heterocycles. The molecule has 0 saturated heterocycles. The van der Waals surface area contributed by atoms with Crippen LogP contribution in [0.1, 0.15) is 77.1 Å². The number of phenols is 1. The van der Waals surface area contributed by atoms with Gasteiger partial charge in [-0.2, -0.15) is 0 Å². The van der Waals surface area contributed by atoms with Crippen LogP contribution < -0.4 is 10.6 Å². The molecule has 2 aromatic rings. The summed E-state index contributed by atoms with van der Waals surface area (Å²) in [5.74, 6) is -0.0428. The number of anilines is 1. The van der Waals surface area contributed by atoms with Gasteiger partial charge < -0.3 is 26.0 Å². The van der Waals surface area contributed by atoms with Crippen molar-refractivity contribution in [1.29, 1.82) is 0 Å². The molecule has 2 atom stereocenters. The van der Waals surface area contributed by atoms with Crippen molar-refractivity contribution in [3.63, 3.8) is 0 Å². The Hall–Kier alpha value is -2.57. The van der Waals surface area contributed by atoms with E-state index in [-0.39, 0.29) is 17.4 Å². The van der Waals surface area contributed by atoms with Gasteiger partial charge in [-0.15, -0.1) is 0 Å².